The molecule has 1 aliphatic heterocycles. The van der Waals surface area contributed by atoms with Gasteiger partial charge in [0.1, 0.15) is 6.04 Å². The van der Waals surface area contributed by atoms with Crippen molar-refractivity contribution in [1.82, 2.24) is 20.3 Å². The molecule has 0 saturated carbocycles. The van der Waals surface area contributed by atoms with Crippen molar-refractivity contribution in [2.75, 3.05) is 20.3 Å². The third-order valence-electron chi connectivity index (χ3n) is 6.49. The summed E-state index contributed by atoms with van der Waals surface area (Å²) in [7, 11) is -2.40. The molecule has 0 radical (unpaired) electrons. The highest BCUT2D eigenvalue weighted by Gasteiger charge is 2.37. The topological polar surface area (TPSA) is 117 Å². The summed E-state index contributed by atoms with van der Waals surface area (Å²) in [6.07, 6.45) is 4.83. The Labute approximate surface area is 222 Å². The summed E-state index contributed by atoms with van der Waals surface area (Å²) in [4.78, 5) is 25.7. The van der Waals surface area contributed by atoms with Gasteiger partial charge in [-0.05, 0) is 60.2 Å². The molecule has 0 spiro atoms. The summed E-state index contributed by atoms with van der Waals surface area (Å²) < 4.78 is 32.5. The molecule has 11 heteroatoms. The number of ether oxygens (including phenoxy) is 1. The number of carbonyl (C=O) groups is 2. The number of carbonyl (C=O) groups excluding carboxylic acids is 2. The van der Waals surface area contributed by atoms with E-state index in [0.717, 1.165) is 47.8 Å². The first-order chi connectivity index (χ1) is 17.8. The Morgan fingerprint density at radius 2 is 2.00 bits per heavy atom. The molecule has 2 aromatic rings. The van der Waals surface area contributed by atoms with Gasteiger partial charge < -0.3 is 20.7 Å². The monoisotopic (exact) mass is 546 g/mol. The first-order valence-corrected chi connectivity index (χ1v) is 14.0. The summed E-state index contributed by atoms with van der Waals surface area (Å²) in [6.45, 7) is 2.14. The summed E-state index contributed by atoms with van der Waals surface area (Å²) in [6, 6.07) is 10.5. The number of methoxy groups -OCH3 is 1. The minimum atomic E-state index is -4.07. The van der Waals surface area contributed by atoms with Crippen molar-refractivity contribution in [1.29, 1.82) is 0 Å². The van der Waals surface area contributed by atoms with E-state index in [2.05, 4.69) is 22.0 Å². The molecule has 2 atom stereocenters. The van der Waals surface area contributed by atoms with E-state index in [0.29, 0.717) is 11.6 Å². The number of amides is 2. The van der Waals surface area contributed by atoms with Gasteiger partial charge in [0.2, 0.25) is 11.8 Å². The highest BCUT2D eigenvalue weighted by molar-refractivity contribution is 7.89. The Balaban J connectivity index is 1.45. The van der Waals surface area contributed by atoms with Crippen LogP contribution in [0.15, 0.2) is 59.8 Å². The fraction of sp³-hybridized carbons (Fsp3) is 0.385. The number of aryl methyl sites for hydroxylation is 1. The second-order valence-corrected chi connectivity index (χ2v) is 11.3. The summed E-state index contributed by atoms with van der Waals surface area (Å²) in [5.41, 5.74) is 3.40. The molecule has 198 valence electrons. The van der Waals surface area contributed by atoms with Crippen molar-refractivity contribution in [2.24, 2.45) is 0 Å². The molecule has 3 N–H and O–H groups in total. The zero-order valence-corrected chi connectivity index (χ0v) is 22.1. The first-order valence-electron chi connectivity index (χ1n) is 12.2. The molecule has 0 saturated heterocycles. The Bertz CT molecular complexity index is 1270. The van der Waals surface area contributed by atoms with E-state index >= 15 is 0 Å². The molecule has 2 amide bonds. The second-order valence-electron chi connectivity index (χ2n) is 9.05. The van der Waals surface area contributed by atoms with Gasteiger partial charge in [0.05, 0.1) is 24.0 Å². The third kappa shape index (κ3) is 6.51. The van der Waals surface area contributed by atoms with Gasteiger partial charge in [-0.2, -0.15) is 0 Å². The van der Waals surface area contributed by atoms with Gasteiger partial charge >= 0.3 is 0 Å². The molecule has 4 rings (SSSR count). The fourth-order valence-electron chi connectivity index (χ4n) is 4.63. The lowest BCUT2D eigenvalue weighted by molar-refractivity contribution is -0.129. The molecule has 1 heterocycles. The average Bonchev–Trinajstić information content (AvgIpc) is 2.88. The van der Waals surface area contributed by atoms with Gasteiger partial charge in [0.25, 0.3) is 10.0 Å². The number of hydrogen-bond acceptors (Lipinski definition) is 6. The van der Waals surface area contributed by atoms with Gasteiger partial charge in [-0.3, -0.25) is 13.9 Å². The highest BCUT2D eigenvalue weighted by atomic mass is 35.5. The third-order valence-corrected chi connectivity index (χ3v) is 8.54. The Morgan fingerprint density at radius 3 is 2.76 bits per heavy atom. The maximum Gasteiger partial charge on any atom is 0.264 e. The normalized spacial score (nSPS) is 19.3. The molecule has 37 heavy (non-hydrogen) atoms. The number of benzene rings is 2. The van der Waals surface area contributed by atoms with Gasteiger partial charge in [-0.15, -0.1) is 0 Å². The van der Waals surface area contributed by atoms with Crippen molar-refractivity contribution in [3.8, 4) is 0 Å². The SMILES string of the molecule is COCCNCc1ccc2c(c1)CCC[C@H]2NC(=O)C[C@@H]1C(=O)NC=CN1S(=O)(=O)c1ccc(Cl)cc1. The number of halogens is 1. The lowest BCUT2D eigenvalue weighted by Crippen LogP contribution is -2.51. The fourth-order valence-corrected chi connectivity index (χ4v) is 6.21. The largest absolute Gasteiger partial charge is 0.383 e. The van der Waals surface area contributed by atoms with Gasteiger partial charge in [0, 0.05) is 37.6 Å². The maximum absolute atomic E-state index is 13.2. The minimum Gasteiger partial charge on any atom is -0.383 e. The Hall–Kier alpha value is -2.92. The van der Waals surface area contributed by atoms with E-state index in [1.54, 1.807) is 7.11 Å². The molecule has 1 aliphatic carbocycles. The van der Waals surface area contributed by atoms with Crippen molar-refractivity contribution in [3.05, 3.63) is 76.6 Å². The van der Waals surface area contributed by atoms with Crippen LogP contribution < -0.4 is 16.0 Å². The number of hydrogen-bond donors (Lipinski definition) is 3. The average molecular weight is 547 g/mol. The van der Waals surface area contributed by atoms with Crippen LogP contribution in [0.1, 0.15) is 42.0 Å². The number of sulfonamides is 1. The van der Waals surface area contributed by atoms with Crippen LogP contribution in [0.2, 0.25) is 5.02 Å². The van der Waals surface area contributed by atoms with Crippen molar-refractivity contribution >= 4 is 33.4 Å². The number of nitrogens with one attached hydrogen (secondary N) is 3. The first kappa shape index (κ1) is 27.1. The summed E-state index contributed by atoms with van der Waals surface area (Å²) in [5, 5.41) is 9.26. The minimum absolute atomic E-state index is 0.0182. The van der Waals surface area contributed by atoms with Crippen LogP contribution in [0.3, 0.4) is 0 Å². The predicted octanol–water partition coefficient (Wildman–Crippen LogP) is 2.62. The van der Waals surface area contributed by atoms with E-state index in [-0.39, 0.29) is 17.4 Å². The van der Waals surface area contributed by atoms with Crippen molar-refractivity contribution in [2.45, 2.75) is 49.2 Å². The summed E-state index contributed by atoms with van der Waals surface area (Å²) in [5.74, 6) is -0.959. The molecular weight excluding hydrogens is 516 g/mol. The van der Waals surface area contributed by atoms with E-state index < -0.39 is 27.9 Å². The smallest absolute Gasteiger partial charge is 0.264 e. The number of fused-ring (bicyclic) bond motifs is 1. The Kier molecular flexibility index (Phi) is 8.86. The lowest BCUT2D eigenvalue weighted by Gasteiger charge is -2.32. The summed E-state index contributed by atoms with van der Waals surface area (Å²) >= 11 is 5.89. The van der Waals surface area contributed by atoms with Crippen molar-refractivity contribution in [3.63, 3.8) is 0 Å². The van der Waals surface area contributed by atoms with Gasteiger partial charge in [-0.1, -0.05) is 29.8 Å². The van der Waals surface area contributed by atoms with Crippen LogP contribution in [-0.2, 0) is 37.3 Å². The molecule has 2 aromatic carbocycles. The molecule has 0 bridgehead atoms. The zero-order valence-electron chi connectivity index (χ0n) is 20.6. The van der Waals surface area contributed by atoms with Gasteiger partial charge in [-0.25, -0.2) is 8.42 Å². The van der Waals surface area contributed by atoms with E-state index in [1.807, 2.05) is 12.1 Å². The lowest BCUT2D eigenvalue weighted by atomic mass is 9.86. The number of rotatable bonds is 10. The highest BCUT2D eigenvalue weighted by Crippen LogP contribution is 2.31. The van der Waals surface area contributed by atoms with E-state index in [4.69, 9.17) is 16.3 Å². The van der Waals surface area contributed by atoms with Crippen LogP contribution in [-0.4, -0.2) is 50.8 Å². The quantitative estimate of drug-likeness (QED) is 0.394. The van der Waals surface area contributed by atoms with Crippen LogP contribution >= 0.6 is 11.6 Å². The van der Waals surface area contributed by atoms with E-state index in [9.17, 15) is 18.0 Å². The standard InChI is InChI=1S/C26H31ClN4O5S/c1-36-14-12-28-17-18-5-10-22-19(15-18)3-2-4-23(22)30-25(32)16-24-26(33)29-11-13-31(24)37(34,35)21-8-6-20(27)7-9-21/h5-11,13,15,23-24,28H,2-4,12,14,16-17H2,1H3,(H,29,33)(H,30,32)/t23-,24-/m1/s1. The predicted molar refractivity (Wildman–Crippen MR) is 140 cm³/mol. The molecule has 0 fully saturated rings. The van der Waals surface area contributed by atoms with E-state index in [1.165, 1.54) is 42.2 Å². The molecule has 0 aromatic heterocycles. The zero-order chi connectivity index (χ0) is 26.4. The van der Waals surface area contributed by atoms with Crippen LogP contribution in [0.4, 0.5) is 0 Å². The molecule has 0 unspecified atom stereocenters. The van der Waals surface area contributed by atoms with Crippen LogP contribution in [0.5, 0.6) is 0 Å². The van der Waals surface area contributed by atoms with Gasteiger partial charge in [0.15, 0.2) is 0 Å². The van der Waals surface area contributed by atoms with Crippen LogP contribution in [0.25, 0.3) is 0 Å². The van der Waals surface area contributed by atoms with Crippen LogP contribution in [0, 0.1) is 0 Å². The second kappa shape index (κ2) is 12.1. The van der Waals surface area contributed by atoms with Crippen molar-refractivity contribution < 1.29 is 22.7 Å². The Morgan fingerprint density at radius 1 is 1.22 bits per heavy atom. The maximum atomic E-state index is 13.2. The number of nitrogens with zero attached hydrogens (tertiary/aromatic N) is 1. The molecule has 2 aliphatic rings. The molecular formula is C26H31ClN4O5S. The molecule has 9 nitrogen and oxygen atoms in total.